The molecule has 11 heteroatoms. The summed E-state index contributed by atoms with van der Waals surface area (Å²) in [5, 5.41) is 7.20. The number of thiazole rings is 1. The Morgan fingerprint density at radius 3 is 2.55 bits per heavy atom. The number of aromatic nitrogens is 3. The number of nitrogens with zero attached hydrogens (tertiary/aromatic N) is 3. The summed E-state index contributed by atoms with van der Waals surface area (Å²) in [5.74, 6) is -0.849. The number of hydrogen-bond donors (Lipinski definition) is 1. The lowest BCUT2D eigenvalue weighted by molar-refractivity contribution is -0.137. The molecule has 0 spiro atoms. The molecule has 152 valence electrons. The van der Waals surface area contributed by atoms with Crippen LogP contribution in [0.1, 0.15) is 35.8 Å². The summed E-state index contributed by atoms with van der Waals surface area (Å²) in [6.07, 6.45) is -2.82. The maximum Gasteiger partial charge on any atom is 0.416 e. The van der Waals surface area contributed by atoms with Gasteiger partial charge >= 0.3 is 12.1 Å². The van der Waals surface area contributed by atoms with E-state index in [-0.39, 0.29) is 29.8 Å². The Kier molecular flexibility index (Phi) is 4.77. The van der Waals surface area contributed by atoms with E-state index in [1.165, 1.54) is 16.8 Å². The third kappa shape index (κ3) is 3.82. The number of hydrogen-bond acceptors (Lipinski definition) is 6. The Bertz CT molecular complexity index is 1080. The van der Waals surface area contributed by atoms with E-state index in [2.05, 4.69) is 15.4 Å². The molecule has 3 aromatic rings. The average Bonchev–Trinajstić information content (AvgIpc) is 3.35. The minimum absolute atomic E-state index is 0.00818. The van der Waals surface area contributed by atoms with Crippen LogP contribution in [-0.2, 0) is 15.7 Å². The minimum atomic E-state index is -4.46. The van der Waals surface area contributed by atoms with Gasteiger partial charge in [0.2, 0.25) is 5.91 Å². The molecular formula is C18H15F3N4O3S. The number of benzene rings is 1. The molecule has 0 unspecified atom stereocenters. The van der Waals surface area contributed by atoms with Crippen LogP contribution in [0.5, 0.6) is 0 Å². The lowest BCUT2D eigenvalue weighted by Crippen LogP contribution is -2.13. The Balaban J connectivity index is 1.76. The number of ether oxygens (including phenoxy) is 1. The molecule has 0 bridgehead atoms. The highest BCUT2D eigenvalue weighted by atomic mass is 32.1. The largest absolute Gasteiger partial charge is 0.461 e. The highest BCUT2D eigenvalue weighted by Gasteiger charge is 2.32. The SMILES string of the molecule is CCOC(=O)c1nn(-c2ccc(C(F)(F)F)cc2)c2nc(NC(=O)C3CC3)sc12. The second-order valence-corrected chi connectivity index (χ2v) is 7.46. The summed E-state index contributed by atoms with van der Waals surface area (Å²) in [5.41, 5.74) is -0.259. The van der Waals surface area contributed by atoms with Crippen LogP contribution in [0.3, 0.4) is 0 Å². The van der Waals surface area contributed by atoms with Gasteiger partial charge in [-0.3, -0.25) is 4.79 Å². The van der Waals surface area contributed by atoms with Gasteiger partial charge < -0.3 is 10.1 Å². The average molecular weight is 424 g/mol. The molecule has 4 rings (SSSR count). The number of rotatable bonds is 5. The van der Waals surface area contributed by atoms with Crippen LogP contribution in [0.4, 0.5) is 18.3 Å². The number of carbonyl (C=O) groups is 2. The molecule has 1 aliphatic rings. The Morgan fingerprint density at radius 1 is 1.28 bits per heavy atom. The van der Waals surface area contributed by atoms with Crippen LogP contribution in [0.15, 0.2) is 24.3 Å². The fraction of sp³-hybridized carbons (Fsp3) is 0.333. The zero-order valence-electron chi connectivity index (χ0n) is 15.1. The minimum Gasteiger partial charge on any atom is -0.461 e. The first-order chi connectivity index (χ1) is 13.8. The highest BCUT2D eigenvalue weighted by Crippen LogP contribution is 2.35. The van der Waals surface area contributed by atoms with E-state index < -0.39 is 17.7 Å². The van der Waals surface area contributed by atoms with E-state index in [1.54, 1.807) is 6.92 Å². The van der Waals surface area contributed by atoms with Crippen molar-refractivity contribution in [2.75, 3.05) is 11.9 Å². The Labute approximate surface area is 166 Å². The second-order valence-electron chi connectivity index (χ2n) is 6.46. The molecule has 2 aromatic heterocycles. The predicted octanol–water partition coefficient (Wildman–Crippen LogP) is 4.03. The van der Waals surface area contributed by atoms with Crippen molar-refractivity contribution in [1.29, 1.82) is 0 Å². The molecule has 1 saturated carbocycles. The molecule has 1 amide bonds. The fourth-order valence-corrected chi connectivity index (χ4v) is 3.64. The molecule has 0 atom stereocenters. The summed E-state index contributed by atoms with van der Waals surface area (Å²) in [4.78, 5) is 28.6. The zero-order chi connectivity index (χ0) is 20.8. The predicted molar refractivity (Wildman–Crippen MR) is 99.1 cm³/mol. The van der Waals surface area contributed by atoms with Crippen molar-refractivity contribution in [1.82, 2.24) is 14.8 Å². The molecule has 1 aliphatic carbocycles. The molecule has 7 nitrogen and oxygen atoms in total. The first kappa shape index (κ1) is 19.4. The van der Waals surface area contributed by atoms with Gasteiger partial charge in [-0.1, -0.05) is 11.3 Å². The van der Waals surface area contributed by atoms with Gasteiger partial charge in [-0.05, 0) is 44.0 Å². The van der Waals surface area contributed by atoms with Crippen LogP contribution < -0.4 is 5.32 Å². The van der Waals surface area contributed by atoms with E-state index in [0.717, 1.165) is 36.3 Å². The van der Waals surface area contributed by atoms with Crippen molar-refractivity contribution >= 4 is 38.7 Å². The monoisotopic (exact) mass is 424 g/mol. The van der Waals surface area contributed by atoms with Gasteiger partial charge in [-0.2, -0.15) is 23.3 Å². The fourth-order valence-electron chi connectivity index (χ4n) is 2.71. The molecule has 0 aliphatic heterocycles. The summed E-state index contributed by atoms with van der Waals surface area (Å²) >= 11 is 1.07. The van der Waals surface area contributed by atoms with Crippen molar-refractivity contribution in [3.63, 3.8) is 0 Å². The lowest BCUT2D eigenvalue weighted by Gasteiger charge is -2.07. The smallest absolute Gasteiger partial charge is 0.416 e. The van der Waals surface area contributed by atoms with Crippen LogP contribution in [-0.4, -0.2) is 33.2 Å². The normalized spacial score (nSPS) is 14.2. The number of alkyl halides is 3. The number of halogens is 3. The molecule has 1 aromatic carbocycles. The quantitative estimate of drug-likeness (QED) is 0.625. The van der Waals surface area contributed by atoms with Gasteiger partial charge in [0.15, 0.2) is 16.5 Å². The Morgan fingerprint density at radius 2 is 1.97 bits per heavy atom. The van der Waals surface area contributed by atoms with Crippen molar-refractivity contribution < 1.29 is 27.5 Å². The topological polar surface area (TPSA) is 86.1 Å². The van der Waals surface area contributed by atoms with Crippen molar-refractivity contribution in [2.24, 2.45) is 5.92 Å². The molecule has 1 fully saturated rings. The van der Waals surface area contributed by atoms with Crippen LogP contribution in [0.2, 0.25) is 0 Å². The number of nitrogens with one attached hydrogen (secondary N) is 1. The van der Waals surface area contributed by atoms with Crippen LogP contribution >= 0.6 is 11.3 Å². The molecule has 0 saturated heterocycles. The maximum absolute atomic E-state index is 12.8. The van der Waals surface area contributed by atoms with Crippen LogP contribution in [0, 0.1) is 5.92 Å². The van der Waals surface area contributed by atoms with Gasteiger partial charge in [0.25, 0.3) is 0 Å². The second kappa shape index (κ2) is 7.14. The third-order valence-corrected chi connectivity index (χ3v) is 5.28. The number of esters is 1. The molecule has 29 heavy (non-hydrogen) atoms. The van der Waals surface area contributed by atoms with Gasteiger partial charge in [0, 0.05) is 5.92 Å². The number of amides is 1. The maximum atomic E-state index is 12.8. The molecule has 1 N–H and O–H groups in total. The van der Waals surface area contributed by atoms with Crippen molar-refractivity contribution in [2.45, 2.75) is 25.9 Å². The van der Waals surface area contributed by atoms with E-state index in [4.69, 9.17) is 4.74 Å². The zero-order valence-corrected chi connectivity index (χ0v) is 15.9. The van der Waals surface area contributed by atoms with Gasteiger partial charge in [-0.15, -0.1) is 0 Å². The first-order valence-electron chi connectivity index (χ1n) is 8.83. The summed E-state index contributed by atoms with van der Waals surface area (Å²) in [6.45, 7) is 1.79. The van der Waals surface area contributed by atoms with Crippen molar-refractivity contribution in [3.8, 4) is 5.69 Å². The highest BCUT2D eigenvalue weighted by molar-refractivity contribution is 7.22. The third-order valence-electron chi connectivity index (χ3n) is 4.31. The van der Waals surface area contributed by atoms with E-state index in [0.29, 0.717) is 15.5 Å². The first-order valence-corrected chi connectivity index (χ1v) is 9.64. The standard InChI is InChI=1S/C18H15F3N4O3S/c1-2-28-16(27)12-13-14(22-17(29-13)23-15(26)9-3-4-9)25(24-12)11-7-5-10(6-8-11)18(19,20)21/h5-9H,2-4H2,1H3,(H,22,23,26). The van der Waals surface area contributed by atoms with Gasteiger partial charge in [0.1, 0.15) is 4.70 Å². The molecule has 2 heterocycles. The summed E-state index contributed by atoms with van der Waals surface area (Å²) in [6, 6.07) is 4.34. The summed E-state index contributed by atoms with van der Waals surface area (Å²) < 4.78 is 45.2. The molecule has 0 radical (unpaired) electrons. The van der Waals surface area contributed by atoms with Gasteiger partial charge in [0.05, 0.1) is 17.9 Å². The van der Waals surface area contributed by atoms with Crippen molar-refractivity contribution in [3.05, 3.63) is 35.5 Å². The van der Waals surface area contributed by atoms with Crippen LogP contribution in [0.25, 0.3) is 16.0 Å². The summed E-state index contributed by atoms with van der Waals surface area (Å²) in [7, 11) is 0. The number of fused-ring (bicyclic) bond motifs is 1. The molecular weight excluding hydrogens is 409 g/mol. The van der Waals surface area contributed by atoms with E-state index in [9.17, 15) is 22.8 Å². The Hall–Kier alpha value is -2.95. The van der Waals surface area contributed by atoms with E-state index >= 15 is 0 Å². The van der Waals surface area contributed by atoms with Gasteiger partial charge in [-0.25, -0.2) is 9.48 Å². The number of carbonyl (C=O) groups excluding carboxylic acids is 2. The van der Waals surface area contributed by atoms with E-state index in [1.807, 2.05) is 0 Å². The number of anilines is 1. The lowest BCUT2D eigenvalue weighted by atomic mass is 10.2.